The van der Waals surface area contributed by atoms with Crippen LogP contribution in [0.3, 0.4) is 0 Å². The van der Waals surface area contributed by atoms with Gasteiger partial charge in [-0.25, -0.2) is 4.98 Å². The average molecular weight is 366 g/mol. The summed E-state index contributed by atoms with van der Waals surface area (Å²) in [7, 11) is 0. The van der Waals surface area contributed by atoms with Crippen LogP contribution < -0.4 is 5.56 Å². The molecule has 0 bridgehead atoms. The number of fused-ring (bicyclic) bond motifs is 1. The number of halogens is 1. The molecule has 2 aromatic carbocycles. The molecule has 0 N–H and O–H groups in total. The highest BCUT2D eigenvalue weighted by Gasteiger charge is 2.10. The van der Waals surface area contributed by atoms with Gasteiger partial charge < -0.3 is 0 Å². The molecule has 0 saturated carbocycles. The van der Waals surface area contributed by atoms with E-state index in [0.717, 1.165) is 16.0 Å². The zero-order valence-corrected chi connectivity index (χ0v) is 14.5. The SMILES string of the molecule is O=c1c2cc(-c3ccccc3)sc2ncn1/N=C/c1ccccc1Cl. The van der Waals surface area contributed by atoms with Crippen molar-refractivity contribution >= 4 is 39.4 Å². The summed E-state index contributed by atoms with van der Waals surface area (Å²) in [5, 5.41) is 5.34. The van der Waals surface area contributed by atoms with Crippen molar-refractivity contribution in [3.8, 4) is 10.4 Å². The Hall–Kier alpha value is -2.76. The van der Waals surface area contributed by atoms with Gasteiger partial charge in [-0.15, -0.1) is 11.3 Å². The van der Waals surface area contributed by atoms with Crippen molar-refractivity contribution in [1.29, 1.82) is 0 Å². The first-order valence-corrected chi connectivity index (χ1v) is 8.77. The van der Waals surface area contributed by atoms with Crippen LogP contribution in [0, 0.1) is 0 Å². The molecular formula is C19H12ClN3OS. The Bertz CT molecular complexity index is 1130. The maximum atomic E-state index is 12.7. The normalized spacial score (nSPS) is 11.4. The molecule has 0 aliphatic rings. The van der Waals surface area contributed by atoms with E-state index in [1.807, 2.05) is 54.6 Å². The predicted octanol–water partition coefficient (Wildman–Crippen LogP) is 4.66. The van der Waals surface area contributed by atoms with Crippen LogP contribution in [0.4, 0.5) is 0 Å². The van der Waals surface area contributed by atoms with Crippen LogP contribution in [-0.2, 0) is 0 Å². The van der Waals surface area contributed by atoms with E-state index in [2.05, 4.69) is 10.1 Å². The van der Waals surface area contributed by atoms with Crippen molar-refractivity contribution < 1.29 is 0 Å². The van der Waals surface area contributed by atoms with Gasteiger partial charge in [-0.1, -0.05) is 60.1 Å². The van der Waals surface area contributed by atoms with Crippen LogP contribution in [0.1, 0.15) is 5.56 Å². The zero-order valence-electron chi connectivity index (χ0n) is 13.0. The van der Waals surface area contributed by atoms with Crippen LogP contribution >= 0.6 is 22.9 Å². The van der Waals surface area contributed by atoms with Gasteiger partial charge in [0, 0.05) is 15.5 Å². The Labute approximate surface area is 152 Å². The van der Waals surface area contributed by atoms with Crippen molar-refractivity contribution in [2.45, 2.75) is 0 Å². The van der Waals surface area contributed by atoms with E-state index in [0.29, 0.717) is 15.2 Å². The van der Waals surface area contributed by atoms with Gasteiger partial charge in [-0.3, -0.25) is 4.79 Å². The summed E-state index contributed by atoms with van der Waals surface area (Å²) in [4.78, 5) is 18.7. The van der Waals surface area contributed by atoms with E-state index in [-0.39, 0.29) is 5.56 Å². The van der Waals surface area contributed by atoms with Crippen LogP contribution in [0.25, 0.3) is 20.7 Å². The summed E-state index contributed by atoms with van der Waals surface area (Å²) < 4.78 is 1.23. The average Bonchev–Trinajstić information content (AvgIpc) is 3.08. The van der Waals surface area contributed by atoms with Crippen LogP contribution in [0.2, 0.25) is 5.02 Å². The molecule has 0 radical (unpaired) electrons. The van der Waals surface area contributed by atoms with Crippen LogP contribution in [0.15, 0.2) is 76.9 Å². The van der Waals surface area contributed by atoms with Gasteiger partial charge in [0.05, 0.1) is 11.6 Å². The highest BCUT2D eigenvalue weighted by atomic mass is 35.5. The lowest BCUT2D eigenvalue weighted by molar-refractivity contribution is 0.819. The summed E-state index contributed by atoms with van der Waals surface area (Å²) >= 11 is 7.60. The van der Waals surface area contributed by atoms with Crippen molar-refractivity contribution in [3.05, 3.63) is 87.9 Å². The van der Waals surface area contributed by atoms with Crippen LogP contribution in [0.5, 0.6) is 0 Å². The predicted molar refractivity (Wildman–Crippen MR) is 104 cm³/mol. The fraction of sp³-hybridized carbons (Fsp3) is 0. The molecule has 0 unspecified atom stereocenters. The Kier molecular flexibility index (Phi) is 4.17. The van der Waals surface area contributed by atoms with Gasteiger partial charge in [0.25, 0.3) is 5.56 Å². The quantitative estimate of drug-likeness (QED) is 0.496. The minimum absolute atomic E-state index is 0.202. The van der Waals surface area contributed by atoms with Crippen molar-refractivity contribution in [2.75, 3.05) is 0 Å². The van der Waals surface area contributed by atoms with E-state index >= 15 is 0 Å². The zero-order chi connectivity index (χ0) is 17.2. The maximum Gasteiger partial charge on any atom is 0.282 e. The summed E-state index contributed by atoms with van der Waals surface area (Å²) in [6, 6.07) is 19.1. The van der Waals surface area contributed by atoms with Crippen molar-refractivity contribution in [1.82, 2.24) is 9.66 Å². The lowest BCUT2D eigenvalue weighted by atomic mass is 10.2. The van der Waals surface area contributed by atoms with Gasteiger partial charge in [0.1, 0.15) is 11.2 Å². The molecule has 25 heavy (non-hydrogen) atoms. The van der Waals surface area contributed by atoms with E-state index in [1.54, 1.807) is 12.3 Å². The Morgan fingerprint density at radius 3 is 2.64 bits per heavy atom. The molecule has 2 heterocycles. The molecule has 0 aliphatic carbocycles. The van der Waals surface area contributed by atoms with Gasteiger partial charge in [0.2, 0.25) is 0 Å². The Morgan fingerprint density at radius 2 is 1.84 bits per heavy atom. The summed E-state index contributed by atoms with van der Waals surface area (Å²) in [5.41, 5.74) is 1.61. The largest absolute Gasteiger partial charge is 0.282 e. The van der Waals surface area contributed by atoms with Gasteiger partial charge >= 0.3 is 0 Å². The van der Waals surface area contributed by atoms with Crippen LogP contribution in [-0.4, -0.2) is 15.9 Å². The maximum absolute atomic E-state index is 12.7. The van der Waals surface area contributed by atoms with Crippen molar-refractivity contribution in [3.63, 3.8) is 0 Å². The lowest BCUT2D eigenvalue weighted by Crippen LogP contribution is -2.16. The minimum atomic E-state index is -0.202. The molecule has 0 saturated heterocycles. The van der Waals surface area contributed by atoms with Gasteiger partial charge in [-0.2, -0.15) is 9.78 Å². The molecule has 4 rings (SSSR count). The first-order chi connectivity index (χ1) is 12.2. The smallest absolute Gasteiger partial charge is 0.267 e. The van der Waals surface area contributed by atoms with E-state index in [9.17, 15) is 4.79 Å². The minimum Gasteiger partial charge on any atom is -0.267 e. The highest BCUT2D eigenvalue weighted by molar-refractivity contribution is 7.21. The summed E-state index contributed by atoms with van der Waals surface area (Å²) in [6.45, 7) is 0. The highest BCUT2D eigenvalue weighted by Crippen LogP contribution is 2.30. The molecule has 0 spiro atoms. The molecule has 0 amide bonds. The summed E-state index contributed by atoms with van der Waals surface area (Å²) in [6.07, 6.45) is 2.99. The molecule has 0 aliphatic heterocycles. The van der Waals surface area contributed by atoms with Crippen molar-refractivity contribution in [2.24, 2.45) is 5.10 Å². The molecular weight excluding hydrogens is 354 g/mol. The second-order valence-corrected chi connectivity index (χ2v) is 6.79. The Morgan fingerprint density at radius 1 is 1.08 bits per heavy atom. The number of thiophene rings is 1. The number of hydrogen-bond acceptors (Lipinski definition) is 4. The van der Waals surface area contributed by atoms with Gasteiger partial charge in [-0.05, 0) is 17.7 Å². The summed E-state index contributed by atoms with van der Waals surface area (Å²) in [5.74, 6) is 0. The fourth-order valence-electron chi connectivity index (χ4n) is 2.44. The molecule has 4 aromatic rings. The van der Waals surface area contributed by atoms with E-state index in [1.165, 1.54) is 22.3 Å². The fourth-order valence-corrected chi connectivity index (χ4v) is 3.62. The lowest BCUT2D eigenvalue weighted by Gasteiger charge is -1.98. The second-order valence-electron chi connectivity index (χ2n) is 5.36. The number of aromatic nitrogens is 2. The number of rotatable bonds is 3. The number of hydrogen-bond donors (Lipinski definition) is 0. The first-order valence-electron chi connectivity index (χ1n) is 7.58. The van der Waals surface area contributed by atoms with E-state index in [4.69, 9.17) is 11.6 Å². The Balaban J connectivity index is 1.76. The number of benzene rings is 2. The third kappa shape index (κ3) is 3.12. The topological polar surface area (TPSA) is 47.2 Å². The van der Waals surface area contributed by atoms with E-state index < -0.39 is 0 Å². The third-order valence-electron chi connectivity index (χ3n) is 3.72. The molecule has 6 heteroatoms. The molecule has 4 nitrogen and oxygen atoms in total. The molecule has 0 atom stereocenters. The molecule has 2 aromatic heterocycles. The first kappa shape index (κ1) is 15.7. The monoisotopic (exact) mass is 365 g/mol. The standard InChI is InChI=1S/C19H12ClN3OS/c20-16-9-5-4-8-14(16)11-22-23-12-21-18-15(19(23)24)10-17(25-18)13-6-2-1-3-7-13/h1-12H/b22-11+. The number of nitrogens with zero attached hydrogens (tertiary/aromatic N) is 3. The third-order valence-corrected chi connectivity index (χ3v) is 5.16. The molecule has 122 valence electrons. The second kappa shape index (κ2) is 6.63. The molecule has 0 fully saturated rings. The van der Waals surface area contributed by atoms with Gasteiger partial charge in [0.15, 0.2) is 0 Å².